The summed E-state index contributed by atoms with van der Waals surface area (Å²) >= 11 is 5.88. The molecule has 0 saturated carbocycles. The Kier molecular flexibility index (Phi) is 3.95. The van der Waals surface area contributed by atoms with Crippen molar-refractivity contribution in [2.45, 2.75) is 26.2 Å². The van der Waals surface area contributed by atoms with Crippen LogP contribution in [-0.4, -0.2) is 9.97 Å². The average Bonchev–Trinajstić information content (AvgIpc) is 2.35. The predicted octanol–water partition coefficient (Wildman–Crippen LogP) is 3.82. The molecule has 0 fully saturated rings. The molecule has 3 heteroatoms. The molecule has 0 aliphatic rings. The van der Waals surface area contributed by atoms with Gasteiger partial charge in [0.05, 0.1) is 17.2 Å². The number of unbranched alkanes of at least 4 members (excludes halogenated alkanes) is 2. The molecule has 1 aromatic heterocycles. The van der Waals surface area contributed by atoms with Crippen LogP contribution in [0.5, 0.6) is 0 Å². The highest BCUT2D eigenvalue weighted by Gasteiger charge is 1.98. The smallest absolute Gasteiger partial charge is 0.132 e. The molecule has 0 saturated heterocycles. The van der Waals surface area contributed by atoms with Crippen LogP contribution in [0.15, 0.2) is 24.4 Å². The van der Waals surface area contributed by atoms with Gasteiger partial charge < -0.3 is 0 Å². The van der Waals surface area contributed by atoms with E-state index < -0.39 is 0 Å². The zero-order valence-electron chi connectivity index (χ0n) is 9.70. The Labute approximate surface area is 106 Å². The van der Waals surface area contributed by atoms with E-state index in [0.717, 1.165) is 36.0 Å². The van der Waals surface area contributed by atoms with Crippen LogP contribution in [0.1, 0.15) is 31.9 Å². The molecule has 17 heavy (non-hydrogen) atoms. The first-order valence-corrected chi connectivity index (χ1v) is 6.08. The monoisotopic (exact) mass is 244 g/mol. The lowest BCUT2D eigenvalue weighted by atomic mass is 10.2. The maximum absolute atomic E-state index is 5.88. The third-order valence-corrected chi connectivity index (χ3v) is 2.61. The molecule has 0 N–H and O–H groups in total. The van der Waals surface area contributed by atoms with Gasteiger partial charge in [0.1, 0.15) is 5.69 Å². The summed E-state index contributed by atoms with van der Waals surface area (Å²) in [6.07, 6.45) is 4.90. The lowest BCUT2D eigenvalue weighted by Gasteiger charge is -1.97. The van der Waals surface area contributed by atoms with E-state index in [1.165, 1.54) is 0 Å². The summed E-state index contributed by atoms with van der Waals surface area (Å²) in [6.45, 7) is 2.15. The SMILES string of the molecule is CCCCC#Cc1cnc2cc(Cl)ccc2n1. The van der Waals surface area contributed by atoms with Crippen LogP contribution in [-0.2, 0) is 0 Å². The van der Waals surface area contributed by atoms with Crippen molar-refractivity contribution >= 4 is 22.6 Å². The molecule has 1 heterocycles. The first-order chi connectivity index (χ1) is 8.29. The Balaban J connectivity index is 2.25. The summed E-state index contributed by atoms with van der Waals surface area (Å²) in [4.78, 5) is 8.71. The molecular weight excluding hydrogens is 232 g/mol. The first-order valence-electron chi connectivity index (χ1n) is 5.71. The molecule has 0 aliphatic carbocycles. The van der Waals surface area contributed by atoms with Gasteiger partial charge in [-0.1, -0.05) is 30.9 Å². The zero-order chi connectivity index (χ0) is 12.1. The fourth-order valence-corrected chi connectivity index (χ4v) is 1.63. The van der Waals surface area contributed by atoms with Crippen LogP contribution in [0, 0.1) is 11.8 Å². The summed E-state index contributed by atoms with van der Waals surface area (Å²) < 4.78 is 0. The zero-order valence-corrected chi connectivity index (χ0v) is 10.5. The summed E-state index contributed by atoms with van der Waals surface area (Å²) in [5.41, 5.74) is 2.35. The number of hydrogen-bond acceptors (Lipinski definition) is 2. The van der Waals surface area contributed by atoms with Crippen molar-refractivity contribution in [3.63, 3.8) is 0 Å². The van der Waals surface area contributed by atoms with Crippen molar-refractivity contribution in [3.8, 4) is 11.8 Å². The number of fused-ring (bicyclic) bond motifs is 1. The van der Waals surface area contributed by atoms with E-state index in [9.17, 15) is 0 Å². The maximum atomic E-state index is 5.88. The number of hydrogen-bond donors (Lipinski definition) is 0. The van der Waals surface area contributed by atoms with Crippen molar-refractivity contribution in [1.82, 2.24) is 9.97 Å². The van der Waals surface area contributed by atoms with Crippen LogP contribution in [0.3, 0.4) is 0 Å². The second-order valence-corrected chi connectivity index (χ2v) is 4.23. The number of benzene rings is 1. The van der Waals surface area contributed by atoms with Gasteiger partial charge in [-0.05, 0) is 30.5 Å². The number of rotatable bonds is 2. The van der Waals surface area contributed by atoms with Gasteiger partial charge in [-0.15, -0.1) is 0 Å². The van der Waals surface area contributed by atoms with Crippen LogP contribution in [0.4, 0.5) is 0 Å². The van der Waals surface area contributed by atoms with E-state index in [1.54, 1.807) is 12.3 Å². The largest absolute Gasteiger partial charge is 0.252 e. The average molecular weight is 245 g/mol. The van der Waals surface area contributed by atoms with Gasteiger partial charge in [0.15, 0.2) is 0 Å². The van der Waals surface area contributed by atoms with E-state index in [0.29, 0.717) is 5.02 Å². The molecule has 0 unspecified atom stereocenters. The highest BCUT2D eigenvalue weighted by Crippen LogP contribution is 2.15. The molecule has 0 spiro atoms. The summed E-state index contributed by atoms with van der Waals surface area (Å²) in [5.74, 6) is 6.13. The Bertz CT molecular complexity index is 582. The highest BCUT2D eigenvalue weighted by atomic mass is 35.5. The van der Waals surface area contributed by atoms with Gasteiger partial charge in [0, 0.05) is 11.4 Å². The molecule has 86 valence electrons. The fraction of sp³-hybridized carbons (Fsp3) is 0.286. The van der Waals surface area contributed by atoms with Crippen molar-refractivity contribution in [2.24, 2.45) is 0 Å². The van der Waals surface area contributed by atoms with E-state index >= 15 is 0 Å². The van der Waals surface area contributed by atoms with Crippen molar-refractivity contribution < 1.29 is 0 Å². The minimum Gasteiger partial charge on any atom is -0.252 e. The van der Waals surface area contributed by atoms with E-state index in [2.05, 4.69) is 28.7 Å². The van der Waals surface area contributed by atoms with Gasteiger partial charge >= 0.3 is 0 Å². The Morgan fingerprint density at radius 3 is 3.00 bits per heavy atom. The van der Waals surface area contributed by atoms with Crippen molar-refractivity contribution in [1.29, 1.82) is 0 Å². The lowest BCUT2D eigenvalue weighted by Crippen LogP contribution is -1.88. The van der Waals surface area contributed by atoms with E-state index in [1.807, 2.05) is 12.1 Å². The van der Waals surface area contributed by atoms with Crippen LogP contribution >= 0.6 is 11.6 Å². The van der Waals surface area contributed by atoms with Gasteiger partial charge in [-0.25, -0.2) is 4.98 Å². The molecule has 0 atom stereocenters. The Morgan fingerprint density at radius 2 is 2.18 bits per heavy atom. The summed E-state index contributed by atoms with van der Waals surface area (Å²) in [5, 5.41) is 0.675. The summed E-state index contributed by atoms with van der Waals surface area (Å²) in [6, 6.07) is 5.48. The van der Waals surface area contributed by atoms with Crippen LogP contribution < -0.4 is 0 Å². The number of aromatic nitrogens is 2. The Morgan fingerprint density at radius 1 is 1.29 bits per heavy atom. The summed E-state index contributed by atoms with van der Waals surface area (Å²) in [7, 11) is 0. The van der Waals surface area contributed by atoms with Crippen LogP contribution in [0.2, 0.25) is 5.02 Å². The molecule has 1 aromatic carbocycles. The van der Waals surface area contributed by atoms with Gasteiger partial charge in [-0.3, -0.25) is 4.98 Å². The molecule has 0 aliphatic heterocycles. The minimum absolute atomic E-state index is 0.675. The Hall–Kier alpha value is -1.59. The van der Waals surface area contributed by atoms with E-state index in [-0.39, 0.29) is 0 Å². The maximum Gasteiger partial charge on any atom is 0.132 e. The lowest BCUT2D eigenvalue weighted by molar-refractivity contribution is 0.828. The standard InChI is InChI=1S/C14H13ClN2/c1-2-3-4-5-6-12-10-16-14-9-11(15)7-8-13(14)17-12/h7-10H,2-4H2,1H3. The third kappa shape index (κ3) is 3.18. The molecule has 2 nitrogen and oxygen atoms in total. The quantitative estimate of drug-likeness (QED) is 0.593. The highest BCUT2D eigenvalue weighted by molar-refractivity contribution is 6.31. The second kappa shape index (κ2) is 5.65. The van der Waals surface area contributed by atoms with Gasteiger partial charge in [0.25, 0.3) is 0 Å². The molecule has 0 bridgehead atoms. The van der Waals surface area contributed by atoms with Gasteiger partial charge in [0.2, 0.25) is 0 Å². The topological polar surface area (TPSA) is 25.8 Å². The third-order valence-electron chi connectivity index (χ3n) is 2.38. The van der Waals surface area contributed by atoms with Crippen LogP contribution in [0.25, 0.3) is 11.0 Å². The first kappa shape index (κ1) is 11.9. The normalized spacial score (nSPS) is 10.0. The minimum atomic E-state index is 0.675. The second-order valence-electron chi connectivity index (χ2n) is 3.79. The molecule has 0 amide bonds. The van der Waals surface area contributed by atoms with Gasteiger partial charge in [-0.2, -0.15) is 0 Å². The van der Waals surface area contributed by atoms with E-state index in [4.69, 9.17) is 11.6 Å². The molecular formula is C14H13ClN2. The fourth-order valence-electron chi connectivity index (χ4n) is 1.46. The number of halogens is 1. The molecule has 2 rings (SSSR count). The predicted molar refractivity (Wildman–Crippen MR) is 71.0 cm³/mol. The van der Waals surface area contributed by atoms with Crippen molar-refractivity contribution in [3.05, 3.63) is 35.1 Å². The van der Waals surface area contributed by atoms with Crippen molar-refractivity contribution in [2.75, 3.05) is 0 Å². The molecule has 2 aromatic rings. The molecule has 0 radical (unpaired) electrons. The number of nitrogens with zero attached hydrogens (tertiary/aromatic N) is 2.